The van der Waals surface area contributed by atoms with Crippen molar-refractivity contribution in [2.45, 2.75) is 30.7 Å². The Morgan fingerprint density at radius 1 is 1.10 bits per heavy atom. The Bertz CT molecular complexity index is 530. The topological polar surface area (TPSA) is 12.0 Å². The molecule has 2 aromatic carbocycles. The Hall–Kier alpha value is -0.960. The van der Waals surface area contributed by atoms with Gasteiger partial charge in [-0.1, -0.05) is 54.9 Å². The highest BCUT2D eigenvalue weighted by Crippen LogP contribution is 2.23. The van der Waals surface area contributed by atoms with Crippen molar-refractivity contribution in [3.8, 4) is 0 Å². The van der Waals surface area contributed by atoms with Crippen LogP contribution in [-0.2, 0) is 6.42 Å². The van der Waals surface area contributed by atoms with Crippen molar-refractivity contribution in [2.24, 2.45) is 0 Å². The molecule has 1 N–H and O–H groups in total. The summed E-state index contributed by atoms with van der Waals surface area (Å²) in [5.74, 6) is 1.05. The molecule has 1 atom stereocenters. The van der Waals surface area contributed by atoms with Gasteiger partial charge in [-0.2, -0.15) is 0 Å². The van der Waals surface area contributed by atoms with E-state index in [1.54, 1.807) is 0 Å². The number of halogens is 1. The summed E-state index contributed by atoms with van der Waals surface area (Å²) in [5, 5.41) is 4.46. The number of thioether (sulfide) groups is 1. The predicted molar refractivity (Wildman–Crippen MR) is 94.4 cm³/mol. The summed E-state index contributed by atoms with van der Waals surface area (Å²) in [4.78, 5) is 1.24. The highest BCUT2D eigenvalue weighted by Gasteiger charge is 2.09. The molecule has 0 bridgehead atoms. The fourth-order valence-corrected chi connectivity index (χ4v) is 3.46. The Morgan fingerprint density at radius 3 is 2.62 bits per heavy atom. The van der Waals surface area contributed by atoms with Gasteiger partial charge in [0.2, 0.25) is 0 Å². The van der Waals surface area contributed by atoms with Gasteiger partial charge in [0.25, 0.3) is 0 Å². The third kappa shape index (κ3) is 6.13. The number of benzene rings is 2. The van der Waals surface area contributed by atoms with Crippen LogP contribution >= 0.6 is 23.4 Å². The first-order valence-electron chi connectivity index (χ1n) is 7.43. The van der Waals surface area contributed by atoms with E-state index in [-0.39, 0.29) is 0 Å². The molecule has 0 radical (unpaired) electrons. The van der Waals surface area contributed by atoms with E-state index in [2.05, 4.69) is 48.6 Å². The molecule has 3 heteroatoms. The lowest BCUT2D eigenvalue weighted by molar-refractivity contribution is 0.550. The van der Waals surface area contributed by atoms with E-state index < -0.39 is 0 Å². The highest BCUT2D eigenvalue weighted by molar-refractivity contribution is 7.99. The van der Waals surface area contributed by atoms with E-state index in [1.807, 2.05) is 30.0 Å². The Kier molecular flexibility index (Phi) is 7.14. The SMILES string of the molecule is CCCNC(CSc1cccc(Cl)c1)Cc1ccccc1. The summed E-state index contributed by atoms with van der Waals surface area (Å²) < 4.78 is 0. The van der Waals surface area contributed by atoms with Gasteiger partial charge >= 0.3 is 0 Å². The summed E-state index contributed by atoms with van der Waals surface area (Å²) in [5.41, 5.74) is 1.39. The van der Waals surface area contributed by atoms with Crippen LogP contribution in [-0.4, -0.2) is 18.3 Å². The van der Waals surface area contributed by atoms with E-state index in [4.69, 9.17) is 11.6 Å². The molecule has 21 heavy (non-hydrogen) atoms. The van der Waals surface area contributed by atoms with E-state index >= 15 is 0 Å². The molecular weight excluding hydrogens is 298 g/mol. The van der Waals surface area contributed by atoms with E-state index in [1.165, 1.54) is 10.5 Å². The van der Waals surface area contributed by atoms with Gasteiger partial charge in [0.05, 0.1) is 0 Å². The number of hydrogen-bond acceptors (Lipinski definition) is 2. The molecule has 0 amide bonds. The van der Waals surface area contributed by atoms with Crippen LogP contribution in [0.25, 0.3) is 0 Å². The lowest BCUT2D eigenvalue weighted by Gasteiger charge is -2.18. The Labute approximate surface area is 137 Å². The maximum atomic E-state index is 6.04. The molecule has 1 unspecified atom stereocenters. The monoisotopic (exact) mass is 319 g/mol. The van der Waals surface area contributed by atoms with Crippen molar-refractivity contribution in [3.63, 3.8) is 0 Å². The second-order valence-electron chi connectivity index (χ2n) is 5.11. The molecule has 0 aromatic heterocycles. The molecule has 0 spiro atoms. The van der Waals surface area contributed by atoms with Gasteiger partial charge in [0.1, 0.15) is 0 Å². The van der Waals surface area contributed by atoms with Crippen molar-refractivity contribution in [1.29, 1.82) is 0 Å². The van der Waals surface area contributed by atoms with Gasteiger partial charge in [-0.25, -0.2) is 0 Å². The van der Waals surface area contributed by atoms with E-state index in [0.29, 0.717) is 6.04 Å². The minimum atomic E-state index is 0.483. The van der Waals surface area contributed by atoms with Gasteiger partial charge in [0, 0.05) is 21.7 Å². The molecule has 0 saturated carbocycles. The second-order valence-corrected chi connectivity index (χ2v) is 6.64. The van der Waals surface area contributed by atoms with Gasteiger partial charge in [-0.3, -0.25) is 0 Å². The third-order valence-corrected chi connectivity index (χ3v) is 4.65. The van der Waals surface area contributed by atoms with Gasteiger partial charge in [-0.05, 0) is 43.1 Å². The van der Waals surface area contributed by atoms with Gasteiger partial charge in [0.15, 0.2) is 0 Å². The fraction of sp³-hybridized carbons (Fsp3) is 0.333. The van der Waals surface area contributed by atoms with Crippen LogP contribution in [0.5, 0.6) is 0 Å². The minimum absolute atomic E-state index is 0.483. The molecule has 0 aliphatic rings. The third-order valence-electron chi connectivity index (χ3n) is 3.26. The van der Waals surface area contributed by atoms with Crippen molar-refractivity contribution < 1.29 is 0 Å². The second kappa shape index (κ2) is 9.14. The van der Waals surface area contributed by atoms with Crippen molar-refractivity contribution >= 4 is 23.4 Å². The predicted octanol–water partition coefficient (Wildman–Crippen LogP) is 5.04. The van der Waals surface area contributed by atoms with Crippen molar-refractivity contribution in [3.05, 3.63) is 65.2 Å². The maximum absolute atomic E-state index is 6.04. The van der Waals surface area contributed by atoms with Gasteiger partial charge < -0.3 is 5.32 Å². The quantitative estimate of drug-likeness (QED) is 0.684. The Morgan fingerprint density at radius 2 is 1.90 bits per heavy atom. The molecule has 112 valence electrons. The van der Waals surface area contributed by atoms with E-state index in [9.17, 15) is 0 Å². The maximum Gasteiger partial charge on any atom is 0.0417 e. The first kappa shape index (κ1) is 16.4. The first-order chi connectivity index (χ1) is 10.3. The van der Waals surface area contributed by atoms with Crippen molar-refractivity contribution in [2.75, 3.05) is 12.3 Å². The standard InChI is InChI=1S/C18H22ClNS/c1-2-11-20-17(12-15-7-4-3-5-8-15)14-21-18-10-6-9-16(19)13-18/h3-10,13,17,20H,2,11-12,14H2,1H3. The average molecular weight is 320 g/mol. The van der Waals surface area contributed by atoms with Crippen LogP contribution in [0.2, 0.25) is 5.02 Å². The molecular formula is C18H22ClNS. The number of hydrogen-bond donors (Lipinski definition) is 1. The zero-order valence-corrected chi connectivity index (χ0v) is 14.0. The van der Waals surface area contributed by atoms with Crippen LogP contribution in [0, 0.1) is 0 Å². The normalized spacial score (nSPS) is 12.3. The van der Waals surface area contributed by atoms with Gasteiger partial charge in [-0.15, -0.1) is 11.8 Å². The molecule has 0 aliphatic carbocycles. The molecule has 0 aliphatic heterocycles. The average Bonchev–Trinajstić information content (AvgIpc) is 2.51. The van der Waals surface area contributed by atoms with Crippen LogP contribution in [0.15, 0.2) is 59.5 Å². The smallest absolute Gasteiger partial charge is 0.0417 e. The van der Waals surface area contributed by atoms with Crippen LogP contribution in [0.1, 0.15) is 18.9 Å². The van der Waals surface area contributed by atoms with Crippen LogP contribution < -0.4 is 5.32 Å². The molecule has 0 fully saturated rings. The zero-order chi connectivity index (χ0) is 14.9. The molecule has 2 aromatic rings. The summed E-state index contributed by atoms with van der Waals surface area (Å²) in [6.45, 7) is 3.27. The van der Waals surface area contributed by atoms with E-state index in [0.717, 1.165) is 30.2 Å². The lowest BCUT2D eigenvalue weighted by atomic mass is 10.1. The molecule has 2 rings (SSSR count). The van der Waals surface area contributed by atoms with Crippen LogP contribution in [0.3, 0.4) is 0 Å². The zero-order valence-electron chi connectivity index (χ0n) is 12.4. The molecule has 0 saturated heterocycles. The molecule has 1 nitrogen and oxygen atoms in total. The largest absolute Gasteiger partial charge is 0.313 e. The van der Waals surface area contributed by atoms with Crippen LogP contribution in [0.4, 0.5) is 0 Å². The minimum Gasteiger partial charge on any atom is -0.313 e. The fourth-order valence-electron chi connectivity index (χ4n) is 2.19. The first-order valence-corrected chi connectivity index (χ1v) is 8.80. The lowest BCUT2D eigenvalue weighted by Crippen LogP contribution is -2.34. The molecule has 0 heterocycles. The highest BCUT2D eigenvalue weighted by atomic mass is 35.5. The number of rotatable bonds is 8. The number of nitrogens with one attached hydrogen (secondary N) is 1. The summed E-state index contributed by atoms with van der Waals surface area (Å²) in [6.07, 6.45) is 2.22. The summed E-state index contributed by atoms with van der Waals surface area (Å²) in [7, 11) is 0. The van der Waals surface area contributed by atoms with Crippen molar-refractivity contribution in [1.82, 2.24) is 5.32 Å². The summed E-state index contributed by atoms with van der Waals surface area (Å²) >= 11 is 7.91. The summed E-state index contributed by atoms with van der Waals surface area (Å²) in [6, 6.07) is 19.2. The Balaban J connectivity index is 1.92.